The Balaban J connectivity index is 1.85. The first kappa shape index (κ1) is 19.9. The molecular formula is C19H25N3O3S. The number of nitrogens with zero attached hydrogens (tertiary/aromatic N) is 1. The largest absolute Gasteiger partial charge is 0.495 e. The third kappa shape index (κ3) is 6.16. The summed E-state index contributed by atoms with van der Waals surface area (Å²) >= 11 is 1.60. The van der Waals surface area contributed by atoms with Crippen molar-refractivity contribution >= 4 is 28.8 Å². The number of hydrogen-bond donors (Lipinski definition) is 2. The highest BCUT2D eigenvalue weighted by Gasteiger charge is 2.14. The van der Waals surface area contributed by atoms with Gasteiger partial charge in [0.05, 0.1) is 32.4 Å². The van der Waals surface area contributed by atoms with Crippen LogP contribution >= 0.6 is 11.3 Å². The average molecular weight is 375 g/mol. The van der Waals surface area contributed by atoms with Crippen molar-refractivity contribution in [1.82, 2.24) is 10.2 Å². The fraction of sp³-hybridized carbons (Fsp3) is 0.368. The second-order valence-electron chi connectivity index (χ2n) is 5.91. The van der Waals surface area contributed by atoms with Gasteiger partial charge in [0.1, 0.15) is 5.75 Å². The Hall–Kier alpha value is -2.38. The third-order valence-electron chi connectivity index (χ3n) is 3.85. The molecule has 0 radical (unpaired) electrons. The first-order valence-corrected chi connectivity index (χ1v) is 9.35. The third-order valence-corrected chi connectivity index (χ3v) is 4.73. The van der Waals surface area contributed by atoms with Gasteiger partial charge in [0.2, 0.25) is 11.8 Å². The molecule has 7 heteroatoms. The van der Waals surface area contributed by atoms with Gasteiger partial charge >= 0.3 is 0 Å². The zero-order chi connectivity index (χ0) is 18.9. The molecule has 2 aromatic rings. The van der Waals surface area contributed by atoms with E-state index >= 15 is 0 Å². The molecule has 1 aromatic carbocycles. The summed E-state index contributed by atoms with van der Waals surface area (Å²) in [6.45, 7) is 5.31. The molecule has 0 atom stereocenters. The molecule has 0 unspecified atom stereocenters. The van der Waals surface area contributed by atoms with E-state index in [1.165, 1.54) is 0 Å². The molecule has 2 rings (SSSR count). The number of amides is 2. The molecule has 140 valence electrons. The summed E-state index contributed by atoms with van der Waals surface area (Å²) in [5.41, 5.74) is 1.66. The lowest BCUT2D eigenvalue weighted by atomic mass is 10.2. The van der Waals surface area contributed by atoms with Gasteiger partial charge in [-0.05, 0) is 42.6 Å². The van der Waals surface area contributed by atoms with Crippen LogP contribution in [0.4, 0.5) is 5.69 Å². The molecule has 0 bridgehead atoms. The first-order chi connectivity index (χ1) is 12.5. The summed E-state index contributed by atoms with van der Waals surface area (Å²) in [4.78, 5) is 27.3. The molecule has 2 N–H and O–H groups in total. The van der Waals surface area contributed by atoms with Crippen LogP contribution in [0.3, 0.4) is 0 Å². The molecule has 0 fully saturated rings. The quantitative estimate of drug-likeness (QED) is 0.707. The molecule has 26 heavy (non-hydrogen) atoms. The standard InChI is InChI=1S/C19H25N3O3S/c1-4-22(12-18(23)20-11-15-6-5-9-26-15)13-19(24)21-16-10-14(2)7-8-17(16)25-3/h5-10H,4,11-13H2,1-3H3,(H,20,23)(H,21,24). The number of thiophene rings is 1. The number of methoxy groups -OCH3 is 1. The van der Waals surface area contributed by atoms with Gasteiger partial charge in [-0.15, -0.1) is 11.3 Å². The van der Waals surface area contributed by atoms with Crippen molar-refractivity contribution in [1.29, 1.82) is 0 Å². The van der Waals surface area contributed by atoms with Crippen molar-refractivity contribution in [2.45, 2.75) is 20.4 Å². The summed E-state index contributed by atoms with van der Waals surface area (Å²) in [6.07, 6.45) is 0. The van der Waals surface area contributed by atoms with E-state index in [0.717, 1.165) is 10.4 Å². The SMILES string of the molecule is CCN(CC(=O)NCc1cccs1)CC(=O)Nc1cc(C)ccc1OC. The monoisotopic (exact) mass is 375 g/mol. The summed E-state index contributed by atoms with van der Waals surface area (Å²) in [5, 5.41) is 7.71. The second kappa shape index (κ2) is 9.94. The summed E-state index contributed by atoms with van der Waals surface area (Å²) in [5.74, 6) is 0.337. The van der Waals surface area contributed by atoms with Gasteiger partial charge in [0.15, 0.2) is 0 Å². The smallest absolute Gasteiger partial charge is 0.238 e. The Bertz CT molecular complexity index is 732. The number of carbonyl (C=O) groups excluding carboxylic acids is 2. The number of benzene rings is 1. The number of anilines is 1. The van der Waals surface area contributed by atoms with E-state index in [2.05, 4.69) is 10.6 Å². The zero-order valence-electron chi connectivity index (χ0n) is 15.4. The van der Waals surface area contributed by atoms with E-state index in [1.54, 1.807) is 23.3 Å². The molecule has 1 heterocycles. The summed E-state index contributed by atoms with van der Waals surface area (Å²) < 4.78 is 5.27. The minimum atomic E-state index is -0.179. The normalized spacial score (nSPS) is 10.6. The van der Waals surface area contributed by atoms with Crippen LogP contribution < -0.4 is 15.4 Å². The Morgan fingerprint density at radius 3 is 2.62 bits per heavy atom. The molecule has 0 aliphatic heterocycles. The minimum absolute atomic E-state index is 0.0961. The number of carbonyl (C=O) groups is 2. The Morgan fingerprint density at radius 2 is 1.96 bits per heavy atom. The maximum absolute atomic E-state index is 12.3. The van der Waals surface area contributed by atoms with Gasteiger partial charge < -0.3 is 15.4 Å². The molecule has 2 amide bonds. The molecule has 0 aliphatic rings. The van der Waals surface area contributed by atoms with Crippen LogP contribution in [-0.4, -0.2) is 43.5 Å². The Kier molecular flexibility index (Phi) is 7.62. The molecule has 0 saturated carbocycles. The zero-order valence-corrected chi connectivity index (χ0v) is 16.2. The number of aryl methyl sites for hydroxylation is 1. The highest BCUT2D eigenvalue weighted by molar-refractivity contribution is 7.09. The van der Waals surface area contributed by atoms with Crippen molar-refractivity contribution in [2.24, 2.45) is 0 Å². The van der Waals surface area contributed by atoms with Gasteiger partial charge in [0.25, 0.3) is 0 Å². The predicted octanol–water partition coefficient (Wildman–Crippen LogP) is 2.64. The van der Waals surface area contributed by atoms with E-state index in [1.807, 2.05) is 49.6 Å². The van der Waals surface area contributed by atoms with Gasteiger partial charge in [-0.25, -0.2) is 0 Å². The summed E-state index contributed by atoms with van der Waals surface area (Å²) in [6, 6.07) is 9.53. The van der Waals surface area contributed by atoms with Gasteiger partial charge in [-0.3, -0.25) is 14.5 Å². The highest BCUT2D eigenvalue weighted by Crippen LogP contribution is 2.25. The van der Waals surface area contributed by atoms with E-state index in [-0.39, 0.29) is 24.9 Å². The van der Waals surface area contributed by atoms with Gasteiger partial charge in [0, 0.05) is 4.88 Å². The van der Waals surface area contributed by atoms with Crippen LogP contribution in [0.5, 0.6) is 5.75 Å². The van der Waals surface area contributed by atoms with Crippen molar-refractivity contribution < 1.29 is 14.3 Å². The maximum atomic E-state index is 12.3. The number of ether oxygens (including phenoxy) is 1. The fourth-order valence-corrected chi connectivity index (χ4v) is 3.09. The highest BCUT2D eigenvalue weighted by atomic mass is 32.1. The number of likely N-dealkylation sites (N-methyl/N-ethyl adjacent to an activating group) is 1. The molecule has 0 saturated heterocycles. The van der Waals surface area contributed by atoms with E-state index in [9.17, 15) is 9.59 Å². The van der Waals surface area contributed by atoms with E-state index < -0.39 is 0 Å². The molecular weight excluding hydrogens is 350 g/mol. The lowest BCUT2D eigenvalue weighted by Crippen LogP contribution is -2.40. The average Bonchev–Trinajstić information content (AvgIpc) is 3.13. The van der Waals surface area contributed by atoms with Crippen LogP contribution in [-0.2, 0) is 16.1 Å². The van der Waals surface area contributed by atoms with Crippen LogP contribution in [0.25, 0.3) is 0 Å². The van der Waals surface area contributed by atoms with Crippen LogP contribution in [0.2, 0.25) is 0 Å². The van der Waals surface area contributed by atoms with E-state index in [4.69, 9.17) is 4.74 Å². The number of nitrogens with one attached hydrogen (secondary N) is 2. The number of hydrogen-bond acceptors (Lipinski definition) is 5. The molecule has 0 spiro atoms. The van der Waals surface area contributed by atoms with Crippen LogP contribution in [0.1, 0.15) is 17.4 Å². The van der Waals surface area contributed by atoms with Crippen molar-refractivity contribution in [3.63, 3.8) is 0 Å². The van der Waals surface area contributed by atoms with Crippen molar-refractivity contribution in [2.75, 3.05) is 32.1 Å². The van der Waals surface area contributed by atoms with Crippen molar-refractivity contribution in [3.8, 4) is 5.75 Å². The van der Waals surface area contributed by atoms with Crippen molar-refractivity contribution in [3.05, 3.63) is 46.2 Å². The topological polar surface area (TPSA) is 70.7 Å². The van der Waals surface area contributed by atoms with Gasteiger partial charge in [-0.2, -0.15) is 0 Å². The van der Waals surface area contributed by atoms with Crippen LogP contribution in [0.15, 0.2) is 35.7 Å². The van der Waals surface area contributed by atoms with E-state index in [0.29, 0.717) is 24.5 Å². The summed E-state index contributed by atoms with van der Waals surface area (Å²) in [7, 11) is 1.57. The molecule has 6 nitrogen and oxygen atoms in total. The Labute approximate surface area is 158 Å². The predicted molar refractivity (Wildman–Crippen MR) is 105 cm³/mol. The number of rotatable bonds is 9. The van der Waals surface area contributed by atoms with Gasteiger partial charge in [-0.1, -0.05) is 19.1 Å². The maximum Gasteiger partial charge on any atom is 0.238 e. The Morgan fingerprint density at radius 1 is 1.19 bits per heavy atom. The lowest BCUT2D eigenvalue weighted by molar-refractivity contribution is -0.123. The minimum Gasteiger partial charge on any atom is -0.495 e. The first-order valence-electron chi connectivity index (χ1n) is 8.47. The van der Waals surface area contributed by atoms with Crippen LogP contribution in [0, 0.1) is 6.92 Å². The molecule has 0 aliphatic carbocycles. The molecule has 1 aromatic heterocycles. The lowest BCUT2D eigenvalue weighted by Gasteiger charge is -2.20. The second-order valence-corrected chi connectivity index (χ2v) is 6.94. The fourth-order valence-electron chi connectivity index (χ4n) is 2.45.